The monoisotopic (exact) mass is 403 g/mol. The third-order valence-electron chi connectivity index (χ3n) is 4.51. The van der Waals surface area contributed by atoms with E-state index >= 15 is 0 Å². The molecule has 144 valence electrons. The summed E-state index contributed by atoms with van der Waals surface area (Å²) >= 11 is 5.97. The number of aromatic nitrogens is 1. The fraction of sp³-hybridized carbons (Fsp3) is 0.130. The molecular weight excluding hydrogens is 386 g/mol. The second-order valence-electron chi connectivity index (χ2n) is 6.71. The minimum atomic E-state index is 0.230. The van der Waals surface area contributed by atoms with Crippen LogP contribution in [0.1, 0.15) is 22.6 Å². The van der Waals surface area contributed by atoms with Crippen molar-refractivity contribution in [2.24, 2.45) is 0 Å². The smallest absolute Gasteiger partial charge is 0.235 e. The standard InChI is InChI=1S/C23H18ClN3O2/c1-16-4-6-17(7-5-16)14-27(15-20-3-2-12-28-20)23-21(13-25)26-22(29-23)18-8-10-19(24)11-9-18/h2-12H,14-15H2,1H3. The molecule has 0 N–H and O–H groups in total. The van der Waals surface area contributed by atoms with Crippen LogP contribution in [-0.4, -0.2) is 4.98 Å². The van der Waals surface area contributed by atoms with Crippen molar-refractivity contribution in [3.63, 3.8) is 0 Å². The van der Waals surface area contributed by atoms with Crippen molar-refractivity contribution < 1.29 is 8.83 Å². The third-order valence-corrected chi connectivity index (χ3v) is 4.77. The zero-order chi connectivity index (χ0) is 20.2. The topological polar surface area (TPSA) is 66.2 Å². The summed E-state index contributed by atoms with van der Waals surface area (Å²) in [6, 6.07) is 21.3. The molecule has 4 rings (SSSR count). The largest absolute Gasteiger partial charge is 0.467 e. The molecule has 6 heteroatoms. The molecule has 2 heterocycles. The molecule has 5 nitrogen and oxygen atoms in total. The van der Waals surface area contributed by atoms with Gasteiger partial charge in [-0.05, 0) is 48.9 Å². The number of hydrogen-bond acceptors (Lipinski definition) is 5. The number of nitrogens with zero attached hydrogens (tertiary/aromatic N) is 3. The van der Waals surface area contributed by atoms with E-state index in [-0.39, 0.29) is 5.69 Å². The van der Waals surface area contributed by atoms with E-state index in [1.807, 2.05) is 36.1 Å². The molecule has 0 aliphatic heterocycles. The van der Waals surface area contributed by atoms with Gasteiger partial charge in [0.1, 0.15) is 11.8 Å². The first-order valence-corrected chi connectivity index (χ1v) is 9.50. The van der Waals surface area contributed by atoms with Crippen molar-refractivity contribution in [3.8, 4) is 17.5 Å². The van der Waals surface area contributed by atoms with Crippen LogP contribution >= 0.6 is 11.6 Å². The van der Waals surface area contributed by atoms with E-state index < -0.39 is 0 Å². The van der Waals surface area contributed by atoms with Crippen LogP contribution in [0, 0.1) is 18.3 Å². The predicted octanol–water partition coefficient (Wildman–Crippen LogP) is 5.97. The lowest BCUT2D eigenvalue weighted by atomic mass is 10.1. The van der Waals surface area contributed by atoms with Crippen molar-refractivity contribution in [2.75, 3.05) is 4.90 Å². The normalized spacial score (nSPS) is 10.7. The van der Waals surface area contributed by atoms with Crippen LogP contribution in [0.4, 0.5) is 5.88 Å². The van der Waals surface area contributed by atoms with Gasteiger partial charge in [-0.1, -0.05) is 41.4 Å². The molecule has 0 aliphatic rings. The Bertz CT molecular complexity index is 1120. The molecule has 2 aromatic carbocycles. The van der Waals surface area contributed by atoms with Crippen molar-refractivity contribution in [1.29, 1.82) is 5.26 Å². The molecule has 29 heavy (non-hydrogen) atoms. The summed E-state index contributed by atoms with van der Waals surface area (Å²) < 4.78 is 11.6. The lowest BCUT2D eigenvalue weighted by Crippen LogP contribution is -2.22. The quantitative estimate of drug-likeness (QED) is 0.396. The van der Waals surface area contributed by atoms with E-state index in [0.29, 0.717) is 29.9 Å². The van der Waals surface area contributed by atoms with E-state index in [2.05, 4.69) is 35.3 Å². The van der Waals surface area contributed by atoms with Crippen LogP contribution in [-0.2, 0) is 13.1 Å². The number of nitriles is 1. The molecule has 0 radical (unpaired) electrons. The maximum Gasteiger partial charge on any atom is 0.235 e. The number of halogens is 1. The zero-order valence-corrected chi connectivity index (χ0v) is 16.6. The van der Waals surface area contributed by atoms with E-state index in [1.54, 1.807) is 18.4 Å². The van der Waals surface area contributed by atoms with Gasteiger partial charge in [0.05, 0.1) is 12.8 Å². The molecule has 0 fully saturated rings. The average Bonchev–Trinajstić information content (AvgIpc) is 3.39. The van der Waals surface area contributed by atoms with Gasteiger partial charge in [0.15, 0.2) is 0 Å². The molecule has 0 saturated heterocycles. The molecular formula is C23H18ClN3O2. The number of furan rings is 1. The Hall–Kier alpha value is -3.49. The van der Waals surface area contributed by atoms with Crippen LogP contribution in [0.3, 0.4) is 0 Å². The van der Waals surface area contributed by atoms with E-state index in [0.717, 1.165) is 16.9 Å². The first kappa shape index (κ1) is 18.9. The van der Waals surface area contributed by atoms with Gasteiger partial charge in [0.2, 0.25) is 17.5 Å². The highest BCUT2D eigenvalue weighted by molar-refractivity contribution is 6.30. The summed E-state index contributed by atoms with van der Waals surface area (Å²) in [5.74, 6) is 1.56. The Morgan fingerprint density at radius 3 is 2.45 bits per heavy atom. The number of anilines is 1. The second kappa shape index (κ2) is 8.26. The van der Waals surface area contributed by atoms with Gasteiger partial charge in [-0.2, -0.15) is 10.2 Å². The van der Waals surface area contributed by atoms with Crippen molar-refractivity contribution >= 4 is 17.5 Å². The number of benzene rings is 2. The molecule has 0 atom stereocenters. The molecule has 0 aliphatic carbocycles. The van der Waals surface area contributed by atoms with E-state index in [4.69, 9.17) is 20.4 Å². The van der Waals surface area contributed by atoms with E-state index in [9.17, 15) is 5.26 Å². The minimum Gasteiger partial charge on any atom is -0.467 e. The Kier molecular flexibility index (Phi) is 5.37. The van der Waals surface area contributed by atoms with Gasteiger partial charge in [-0.3, -0.25) is 0 Å². The van der Waals surface area contributed by atoms with Gasteiger partial charge in [-0.15, -0.1) is 0 Å². The van der Waals surface area contributed by atoms with Crippen molar-refractivity contribution in [1.82, 2.24) is 4.98 Å². The zero-order valence-electron chi connectivity index (χ0n) is 15.8. The van der Waals surface area contributed by atoms with Crippen LogP contribution in [0.15, 0.2) is 75.8 Å². The fourth-order valence-corrected chi connectivity index (χ4v) is 3.15. The summed E-state index contributed by atoms with van der Waals surface area (Å²) in [7, 11) is 0. The highest BCUT2D eigenvalue weighted by Gasteiger charge is 2.22. The highest BCUT2D eigenvalue weighted by Crippen LogP contribution is 2.31. The number of aryl methyl sites for hydroxylation is 1. The summed E-state index contributed by atoms with van der Waals surface area (Å²) in [5, 5.41) is 10.3. The van der Waals surface area contributed by atoms with Gasteiger partial charge in [-0.25, -0.2) is 0 Å². The summed E-state index contributed by atoms with van der Waals surface area (Å²) in [6.45, 7) is 3.04. The molecule has 0 unspecified atom stereocenters. The summed E-state index contributed by atoms with van der Waals surface area (Å²) in [5.41, 5.74) is 3.27. The average molecular weight is 404 g/mol. The lowest BCUT2D eigenvalue weighted by molar-refractivity contribution is 0.483. The maximum absolute atomic E-state index is 9.66. The first-order valence-electron chi connectivity index (χ1n) is 9.12. The van der Waals surface area contributed by atoms with Crippen molar-refractivity contribution in [2.45, 2.75) is 20.0 Å². The first-order chi connectivity index (χ1) is 14.1. The number of oxazole rings is 1. The predicted molar refractivity (Wildman–Crippen MR) is 111 cm³/mol. The fourth-order valence-electron chi connectivity index (χ4n) is 3.02. The second-order valence-corrected chi connectivity index (χ2v) is 7.15. The molecule has 0 amide bonds. The van der Waals surface area contributed by atoms with Gasteiger partial charge in [0, 0.05) is 17.1 Å². The summed E-state index contributed by atoms with van der Waals surface area (Å²) in [6.07, 6.45) is 1.63. The van der Waals surface area contributed by atoms with Gasteiger partial charge < -0.3 is 13.7 Å². The molecule has 4 aromatic rings. The molecule has 0 saturated carbocycles. The Morgan fingerprint density at radius 2 is 1.79 bits per heavy atom. The van der Waals surface area contributed by atoms with Crippen LogP contribution in [0.5, 0.6) is 0 Å². The Labute approximate surface area is 173 Å². The highest BCUT2D eigenvalue weighted by atomic mass is 35.5. The Balaban J connectivity index is 1.71. The molecule has 2 aromatic heterocycles. The van der Waals surface area contributed by atoms with Crippen LogP contribution in [0.25, 0.3) is 11.5 Å². The third kappa shape index (κ3) is 4.34. The molecule has 0 bridgehead atoms. The number of hydrogen-bond donors (Lipinski definition) is 0. The van der Waals surface area contributed by atoms with Crippen LogP contribution in [0.2, 0.25) is 5.02 Å². The van der Waals surface area contributed by atoms with Gasteiger partial charge >= 0.3 is 0 Å². The summed E-state index contributed by atoms with van der Waals surface area (Å²) in [4.78, 5) is 6.34. The van der Waals surface area contributed by atoms with Gasteiger partial charge in [0.25, 0.3) is 0 Å². The molecule has 0 spiro atoms. The lowest BCUT2D eigenvalue weighted by Gasteiger charge is -2.21. The number of rotatable bonds is 6. The SMILES string of the molecule is Cc1ccc(CN(Cc2ccco2)c2oc(-c3ccc(Cl)cc3)nc2C#N)cc1. The Morgan fingerprint density at radius 1 is 1.03 bits per heavy atom. The van der Waals surface area contributed by atoms with E-state index in [1.165, 1.54) is 5.56 Å². The van der Waals surface area contributed by atoms with Crippen molar-refractivity contribution in [3.05, 3.63) is 94.5 Å². The maximum atomic E-state index is 9.66. The minimum absolute atomic E-state index is 0.230. The van der Waals surface area contributed by atoms with Crippen LogP contribution < -0.4 is 4.90 Å².